The van der Waals surface area contributed by atoms with E-state index in [9.17, 15) is 4.79 Å². The molecule has 0 N–H and O–H groups in total. The second-order valence-corrected chi connectivity index (χ2v) is 6.57. The van der Waals surface area contributed by atoms with E-state index >= 15 is 0 Å². The maximum Gasteiger partial charge on any atom is 0.275 e. The number of piperidine rings is 1. The highest BCUT2D eigenvalue weighted by molar-refractivity contribution is 7.09. The molecule has 1 aliphatic rings. The van der Waals surface area contributed by atoms with Crippen molar-refractivity contribution >= 4 is 17.4 Å². The van der Waals surface area contributed by atoms with Crippen LogP contribution in [-0.2, 0) is 0 Å². The summed E-state index contributed by atoms with van der Waals surface area (Å²) in [6.45, 7) is 5.90. The average Bonchev–Trinajstić information content (AvgIpc) is 2.96. The number of hydrogen-bond donors (Lipinski definition) is 0. The number of carbonyl (C=O) groups excluding carboxylic acids is 1. The Hall–Kier alpha value is -1.75. The number of hydrogen-bond acceptors (Lipinski definition) is 4. The van der Waals surface area contributed by atoms with E-state index in [1.807, 2.05) is 29.2 Å². The second kappa shape index (κ2) is 5.93. The fourth-order valence-electron chi connectivity index (χ4n) is 2.75. The zero-order valence-corrected chi connectivity index (χ0v) is 13.2. The Morgan fingerprint density at radius 3 is 2.81 bits per heavy atom. The van der Waals surface area contributed by atoms with Gasteiger partial charge in [-0.15, -0.1) is 5.10 Å². The van der Waals surface area contributed by atoms with Crippen LogP contribution in [0.4, 0.5) is 0 Å². The van der Waals surface area contributed by atoms with Gasteiger partial charge in [0.15, 0.2) is 5.69 Å². The fourth-order valence-corrected chi connectivity index (χ4v) is 3.41. The van der Waals surface area contributed by atoms with Gasteiger partial charge in [-0.2, -0.15) is 0 Å². The molecule has 1 aromatic carbocycles. The Morgan fingerprint density at radius 1 is 1.33 bits per heavy atom. The molecule has 21 heavy (non-hydrogen) atoms. The van der Waals surface area contributed by atoms with Crippen LogP contribution in [0.15, 0.2) is 24.3 Å². The predicted molar refractivity (Wildman–Crippen MR) is 84.4 cm³/mol. The molecule has 3 rings (SSSR count). The lowest BCUT2D eigenvalue weighted by molar-refractivity contribution is 0.0678. The van der Waals surface area contributed by atoms with Crippen LogP contribution in [0.1, 0.15) is 35.8 Å². The fraction of sp³-hybridized carbons (Fsp3) is 0.438. The number of aryl methyl sites for hydroxylation is 1. The number of nitrogens with zero attached hydrogens (tertiary/aromatic N) is 3. The zero-order valence-electron chi connectivity index (χ0n) is 12.4. The molecule has 1 aromatic heterocycles. The minimum Gasteiger partial charge on any atom is -0.337 e. The molecule has 0 bridgehead atoms. The molecular weight excluding hydrogens is 282 g/mol. The third-order valence-corrected chi connectivity index (χ3v) is 4.72. The Morgan fingerprint density at radius 2 is 2.10 bits per heavy atom. The van der Waals surface area contributed by atoms with Crippen molar-refractivity contribution in [2.45, 2.75) is 26.7 Å². The summed E-state index contributed by atoms with van der Waals surface area (Å²) < 4.78 is 4.00. The largest absolute Gasteiger partial charge is 0.337 e. The van der Waals surface area contributed by atoms with E-state index in [4.69, 9.17) is 0 Å². The summed E-state index contributed by atoms with van der Waals surface area (Å²) in [6.07, 6.45) is 2.27. The molecule has 0 unspecified atom stereocenters. The number of amides is 1. The van der Waals surface area contributed by atoms with E-state index in [2.05, 4.69) is 23.4 Å². The SMILES string of the molecule is Cc1ccc(-c2snnc2C(=O)N2CCC[C@@H](C)C2)cc1. The third-order valence-electron chi connectivity index (χ3n) is 3.95. The Labute approximate surface area is 129 Å². The average molecular weight is 301 g/mol. The van der Waals surface area contributed by atoms with Crippen LogP contribution in [0.2, 0.25) is 0 Å². The number of rotatable bonds is 2. The monoisotopic (exact) mass is 301 g/mol. The van der Waals surface area contributed by atoms with E-state index in [0.717, 1.165) is 30.0 Å². The van der Waals surface area contributed by atoms with Crippen LogP contribution < -0.4 is 0 Å². The van der Waals surface area contributed by atoms with Crippen molar-refractivity contribution in [1.82, 2.24) is 14.5 Å². The maximum absolute atomic E-state index is 12.7. The van der Waals surface area contributed by atoms with Gasteiger partial charge in [-0.3, -0.25) is 4.79 Å². The molecule has 4 nitrogen and oxygen atoms in total. The van der Waals surface area contributed by atoms with E-state index in [1.165, 1.54) is 23.5 Å². The molecule has 5 heteroatoms. The topological polar surface area (TPSA) is 46.1 Å². The van der Waals surface area contributed by atoms with Gasteiger partial charge < -0.3 is 4.90 Å². The van der Waals surface area contributed by atoms with Gasteiger partial charge >= 0.3 is 0 Å². The van der Waals surface area contributed by atoms with Gasteiger partial charge in [-0.25, -0.2) is 0 Å². The van der Waals surface area contributed by atoms with Crippen molar-refractivity contribution in [2.24, 2.45) is 5.92 Å². The minimum atomic E-state index is 0.0193. The zero-order chi connectivity index (χ0) is 14.8. The smallest absolute Gasteiger partial charge is 0.275 e. The number of carbonyl (C=O) groups is 1. The summed E-state index contributed by atoms with van der Waals surface area (Å²) in [5.74, 6) is 0.586. The van der Waals surface area contributed by atoms with Gasteiger partial charge in [0.1, 0.15) is 0 Å². The first-order valence-corrected chi connectivity index (χ1v) is 8.11. The molecule has 2 aromatic rings. The highest BCUT2D eigenvalue weighted by atomic mass is 32.1. The first-order valence-electron chi connectivity index (χ1n) is 7.34. The van der Waals surface area contributed by atoms with Crippen LogP contribution in [0, 0.1) is 12.8 Å². The molecule has 110 valence electrons. The van der Waals surface area contributed by atoms with Gasteiger partial charge in [0, 0.05) is 13.1 Å². The molecule has 0 saturated carbocycles. The molecule has 1 fully saturated rings. The molecule has 1 amide bonds. The van der Waals surface area contributed by atoms with Crippen LogP contribution in [0.3, 0.4) is 0 Å². The van der Waals surface area contributed by atoms with Gasteiger partial charge in [0.05, 0.1) is 4.88 Å². The summed E-state index contributed by atoms with van der Waals surface area (Å²) in [4.78, 5) is 15.5. The highest BCUT2D eigenvalue weighted by Gasteiger charge is 2.26. The molecule has 1 saturated heterocycles. The molecule has 1 atom stereocenters. The van der Waals surface area contributed by atoms with Gasteiger partial charge in [0.2, 0.25) is 0 Å². The quantitative estimate of drug-likeness (QED) is 0.854. The van der Waals surface area contributed by atoms with E-state index in [1.54, 1.807) is 0 Å². The number of likely N-dealkylation sites (tertiary alicyclic amines) is 1. The van der Waals surface area contributed by atoms with Gasteiger partial charge in [-0.1, -0.05) is 41.2 Å². The normalized spacial score (nSPS) is 18.8. The second-order valence-electron chi connectivity index (χ2n) is 5.82. The van der Waals surface area contributed by atoms with Crippen LogP contribution in [-0.4, -0.2) is 33.5 Å². The van der Waals surface area contributed by atoms with Crippen molar-refractivity contribution < 1.29 is 4.79 Å². The van der Waals surface area contributed by atoms with Gasteiger partial charge in [-0.05, 0) is 42.8 Å². The molecule has 1 aliphatic heterocycles. The van der Waals surface area contributed by atoms with Crippen molar-refractivity contribution in [3.05, 3.63) is 35.5 Å². The minimum absolute atomic E-state index is 0.0193. The molecule has 0 aliphatic carbocycles. The lowest BCUT2D eigenvalue weighted by atomic mass is 10.00. The molecule has 2 heterocycles. The van der Waals surface area contributed by atoms with Gasteiger partial charge in [0.25, 0.3) is 5.91 Å². The number of benzene rings is 1. The molecule has 0 radical (unpaired) electrons. The summed E-state index contributed by atoms with van der Waals surface area (Å²) in [6, 6.07) is 8.15. The van der Waals surface area contributed by atoms with Crippen molar-refractivity contribution in [3.8, 4) is 10.4 Å². The third kappa shape index (κ3) is 2.97. The number of aromatic nitrogens is 2. The lowest BCUT2D eigenvalue weighted by Crippen LogP contribution is -2.39. The Bertz CT molecular complexity index is 635. The summed E-state index contributed by atoms with van der Waals surface area (Å²) in [5.41, 5.74) is 2.72. The summed E-state index contributed by atoms with van der Waals surface area (Å²) in [7, 11) is 0. The van der Waals surface area contributed by atoms with Crippen molar-refractivity contribution in [1.29, 1.82) is 0 Å². The van der Waals surface area contributed by atoms with E-state index in [-0.39, 0.29) is 5.91 Å². The Balaban J connectivity index is 1.88. The summed E-state index contributed by atoms with van der Waals surface area (Å²) in [5, 5.41) is 4.09. The summed E-state index contributed by atoms with van der Waals surface area (Å²) >= 11 is 1.29. The highest BCUT2D eigenvalue weighted by Crippen LogP contribution is 2.28. The van der Waals surface area contributed by atoms with Crippen molar-refractivity contribution in [3.63, 3.8) is 0 Å². The molecule has 0 spiro atoms. The first kappa shape index (κ1) is 14.2. The predicted octanol–water partition coefficient (Wildman–Crippen LogP) is 3.39. The first-order chi connectivity index (χ1) is 10.1. The lowest BCUT2D eigenvalue weighted by Gasteiger charge is -2.30. The standard InChI is InChI=1S/C16H19N3OS/c1-11-5-7-13(8-6-11)15-14(17-18-21-15)16(20)19-9-3-4-12(2)10-19/h5-8,12H,3-4,9-10H2,1-2H3/t12-/m1/s1. The van der Waals surface area contributed by atoms with Crippen molar-refractivity contribution in [2.75, 3.05) is 13.1 Å². The van der Waals surface area contributed by atoms with E-state index in [0.29, 0.717) is 11.6 Å². The van der Waals surface area contributed by atoms with Crippen LogP contribution in [0.5, 0.6) is 0 Å². The Kier molecular flexibility index (Phi) is 4.01. The van der Waals surface area contributed by atoms with Crippen LogP contribution >= 0.6 is 11.5 Å². The molecular formula is C16H19N3OS. The van der Waals surface area contributed by atoms with Crippen LogP contribution in [0.25, 0.3) is 10.4 Å². The van der Waals surface area contributed by atoms with E-state index < -0.39 is 0 Å². The maximum atomic E-state index is 12.7.